The standard InChI is InChI=1S/C34H50N2O/c1-25(16-19-35-4)8-12-31-13-9-26(2)22-34(31)36-20-17-28(18-21-36)10-11-29-6-5-7-32(24-29)33(23-27(3)37)30-14-15-30/h5-7,9,13,22,24-25,28,30,33,35,37H,3,8,10-12,14-21,23H2,1-2,4H3. The van der Waals surface area contributed by atoms with Gasteiger partial charge in [0, 0.05) is 25.2 Å². The third-order valence-electron chi connectivity index (χ3n) is 8.86. The van der Waals surface area contributed by atoms with Crippen LogP contribution in [0.2, 0.25) is 0 Å². The summed E-state index contributed by atoms with van der Waals surface area (Å²) in [5, 5.41) is 13.1. The second-order valence-corrected chi connectivity index (χ2v) is 12.1. The van der Waals surface area contributed by atoms with Gasteiger partial charge in [-0.15, -0.1) is 0 Å². The number of nitrogens with zero attached hydrogens (tertiary/aromatic N) is 1. The van der Waals surface area contributed by atoms with E-state index in [1.165, 1.54) is 92.4 Å². The van der Waals surface area contributed by atoms with E-state index in [0.717, 1.165) is 30.7 Å². The molecule has 2 aromatic carbocycles. The van der Waals surface area contributed by atoms with Gasteiger partial charge in [-0.2, -0.15) is 0 Å². The Kier molecular flexibility index (Phi) is 10.1. The van der Waals surface area contributed by atoms with Crippen LogP contribution in [0.5, 0.6) is 0 Å². The smallest absolute Gasteiger partial charge is 0.0857 e. The highest BCUT2D eigenvalue weighted by atomic mass is 16.3. The van der Waals surface area contributed by atoms with Crippen LogP contribution in [-0.2, 0) is 12.8 Å². The molecule has 2 atom stereocenters. The molecule has 3 nitrogen and oxygen atoms in total. The first-order valence-electron chi connectivity index (χ1n) is 14.9. The molecule has 0 aromatic heterocycles. The molecule has 0 radical (unpaired) electrons. The number of allylic oxidation sites excluding steroid dienone is 1. The summed E-state index contributed by atoms with van der Waals surface area (Å²) in [6.07, 6.45) is 12.0. The van der Waals surface area contributed by atoms with E-state index in [-0.39, 0.29) is 0 Å². The lowest BCUT2D eigenvalue weighted by molar-refractivity contribution is 0.368. The molecule has 2 aromatic rings. The van der Waals surface area contributed by atoms with Crippen molar-refractivity contribution in [2.45, 2.75) is 84.0 Å². The molecule has 0 spiro atoms. The molecule has 2 aliphatic rings. The zero-order chi connectivity index (χ0) is 26.2. The first-order chi connectivity index (χ1) is 17.9. The van der Waals surface area contributed by atoms with Gasteiger partial charge in [-0.1, -0.05) is 49.9 Å². The minimum absolute atomic E-state index is 0.328. The fourth-order valence-electron chi connectivity index (χ4n) is 6.24. The molecule has 1 saturated heterocycles. The van der Waals surface area contributed by atoms with Crippen molar-refractivity contribution in [2.24, 2.45) is 17.8 Å². The lowest BCUT2D eigenvalue weighted by Gasteiger charge is -2.35. The number of hydrogen-bond acceptors (Lipinski definition) is 3. The van der Waals surface area contributed by atoms with Gasteiger partial charge in [0.05, 0.1) is 5.76 Å². The molecular formula is C34H50N2O. The Morgan fingerprint density at radius 1 is 1.05 bits per heavy atom. The van der Waals surface area contributed by atoms with Gasteiger partial charge in [-0.25, -0.2) is 0 Å². The highest BCUT2D eigenvalue weighted by molar-refractivity contribution is 5.56. The number of aliphatic hydroxyl groups excluding tert-OH is 1. The second-order valence-electron chi connectivity index (χ2n) is 12.1. The summed E-state index contributed by atoms with van der Waals surface area (Å²) in [6, 6.07) is 16.3. The van der Waals surface area contributed by atoms with Crippen molar-refractivity contribution in [1.82, 2.24) is 5.32 Å². The monoisotopic (exact) mass is 502 g/mol. The topological polar surface area (TPSA) is 35.5 Å². The minimum atomic E-state index is 0.328. The van der Waals surface area contributed by atoms with Gasteiger partial charge in [0.2, 0.25) is 0 Å². The van der Waals surface area contributed by atoms with Crippen LogP contribution in [0.1, 0.15) is 86.5 Å². The summed E-state index contributed by atoms with van der Waals surface area (Å²) in [7, 11) is 2.05. The molecule has 4 rings (SSSR count). The van der Waals surface area contributed by atoms with Crippen LogP contribution in [0.25, 0.3) is 0 Å². The van der Waals surface area contributed by atoms with Gasteiger partial charge in [0.25, 0.3) is 0 Å². The Balaban J connectivity index is 1.29. The third kappa shape index (κ3) is 8.37. The molecule has 1 saturated carbocycles. The number of aliphatic hydroxyl groups is 1. The average Bonchev–Trinajstić information content (AvgIpc) is 3.74. The highest BCUT2D eigenvalue weighted by Gasteiger charge is 2.32. The maximum Gasteiger partial charge on any atom is 0.0857 e. The largest absolute Gasteiger partial charge is 0.513 e. The zero-order valence-corrected chi connectivity index (χ0v) is 23.6. The Morgan fingerprint density at radius 3 is 2.54 bits per heavy atom. The van der Waals surface area contributed by atoms with Gasteiger partial charge in [-0.05, 0) is 130 Å². The van der Waals surface area contributed by atoms with Gasteiger partial charge >= 0.3 is 0 Å². The van der Waals surface area contributed by atoms with Crippen molar-refractivity contribution in [3.8, 4) is 0 Å². The molecule has 3 heteroatoms. The highest BCUT2D eigenvalue weighted by Crippen LogP contribution is 2.45. The van der Waals surface area contributed by atoms with E-state index in [4.69, 9.17) is 0 Å². The summed E-state index contributed by atoms with van der Waals surface area (Å²) in [4.78, 5) is 2.67. The average molecular weight is 503 g/mol. The Hall–Kier alpha value is -2.26. The zero-order valence-electron chi connectivity index (χ0n) is 23.6. The molecule has 1 heterocycles. The lowest BCUT2D eigenvalue weighted by atomic mass is 9.87. The fraction of sp³-hybridized carbons (Fsp3) is 0.588. The molecule has 37 heavy (non-hydrogen) atoms. The van der Waals surface area contributed by atoms with Crippen molar-refractivity contribution in [3.05, 3.63) is 77.1 Å². The van der Waals surface area contributed by atoms with Gasteiger partial charge in [-0.3, -0.25) is 0 Å². The van der Waals surface area contributed by atoms with Crippen LogP contribution >= 0.6 is 0 Å². The van der Waals surface area contributed by atoms with Crippen LogP contribution in [0.3, 0.4) is 0 Å². The number of nitrogens with one attached hydrogen (secondary N) is 1. The number of rotatable bonds is 14. The van der Waals surface area contributed by atoms with E-state index in [0.29, 0.717) is 18.1 Å². The molecule has 0 amide bonds. The van der Waals surface area contributed by atoms with Crippen LogP contribution in [0.15, 0.2) is 54.8 Å². The minimum Gasteiger partial charge on any atom is -0.513 e. The Morgan fingerprint density at radius 2 is 1.84 bits per heavy atom. The molecule has 2 unspecified atom stereocenters. The number of aryl methyl sites for hydroxylation is 3. The molecule has 1 aliphatic carbocycles. The van der Waals surface area contributed by atoms with E-state index in [1.807, 2.05) is 7.05 Å². The van der Waals surface area contributed by atoms with Gasteiger partial charge in [0.15, 0.2) is 0 Å². The van der Waals surface area contributed by atoms with Gasteiger partial charge < -0.3 is 15.3 Å². The van der Waals surface area contributed by atoms with Crippen LogP contribution in [0, 0.1) is 24.7 Å². The van der Waals surface area contributed by atoms with E-state index in [2.05, 4.69) is 73.1 Å². The maximum atomic E-state index is 9.82. The molecular weight excluding hydrogens is 452 g/mol. The van der Waals surface area contributed by atoms with Crippen molar-refractivity contribution >= 4 is 5.69 Å². The lowest BCUT2D eigenvalue weighted by Crippen LogP contribution is -2.34. The molecule has 1 aliphatic heterocycles. The van der Waals surface area contributed by atoms with E-state index >= 15 is 0 Å². The SMILES string of the molecule is C=C(O)CC(c1cccc(CCC2CCN(c3cc(C)ccc3CCC(C)CCNC)CC2)c1)C1CC1. The Labute approximate surface area is 226 Å². The van der Waals surface area contributed by atoms with Crippen molar-refractivity contribution in [2.75, 3.05) is 31.6 Å². The maximum absolute atomic E-state index is 9.82. The van der Waals surface area contributed by atoms with Crippen LogP contribution in [0.4, 0.5) is 5.69 Å². The first-order valence-corrected chi connectivity index (χ1v) is 14.9. The summed E-state index contributed by atoms with van der Waals surface area (Å²) in [5.41, 5.74) is 7.26. The van der Waals surface area contributed by atoms with Crippen molar-refractivity contribution in [3.63, 3.8) is 0 Å². The van der Waals surface area contributed by atoms with Crippen molar-refractivity contribution < 1.29 is 5.11 Å². The summed E-state index contributed by atoms with van der Waals surface area (Å²) < 4.78 is 0. The summed E-state index contributed by atoms with van der Waals surface area (Å²) in [5.74, 6) is 3.07. The molecule has 202 valence electrons. The quantitative estimate of drug-likeness (QED) is 0.257. The van der Waals surface area contributed by atoms with Gasteiger partial charge in [0.1, 0.15) is 0 Å². The number of piperidine rings is 1. The van der Waals surface area contributed by atoms with Crippen LogP contribution < -0.4 is 10.2 Å². The van der Waals surface area contributed by atoms with E-state index in [1.54, 1.807) is 0 Å². The molecule has 2 N–H and O–H groups in total. The van der Waals surface area contributed by atoms with Crippen molar-refractivity contribution in [1.29, 1.82) is 0 Å². The van der Waals surface area contributed by atoms with E-state index < -0.39 is 0 Å². The third-order valence-corrected chi connectivity index (χ3v) is 8.86. The predicted molar refractivity (Wildman–Crippen MR) is 159 cm³/mol. The van der Waals surface area contributed by atoms with E-state index in [9.17, 15) is 5.11 Å². The number of hydrogen-bond donors (Lipinski definition) is 2. The fourth-order valence-corrected chi connectivity index (χ4v) is 6.24. The van der Waals surface area contributed by atoms with Crippen LogP contribution in [-0.4, -0.2) is 31.8 Å². The summed E-state index contributed by atoms with van der Waals surface area (Å²) >= 11 is 0. The Bertz CT molecular complexity index is 1000. The number of benzene rings is 2. The number of anilines is 1. The normalized spacial score (nSPS) is 18.1. The first kappa shape index (κ1) is 27.8. The second kappa shape index (κ2) is 13.5. The molecule has 2 fully saturated rings. The summed E-state index contributed by atoms with van der Waals surface area (Å²) in [6.45, 7) is 11.9. The predicted octanol–water partition coefficient (Wildman–Crippen LogP) is 7.98. The molecule has 0 bridgehead atoms.